The molecule has 2 aliphatic heterocycles. The fourth-order valence-electron chi connectivity index (χ4n) is 16.4. The van der Waals surface area contributed by atoms with Crippen LogP contribution < -0.4 is 14.9 Å². The normalized spacial score (nSPS) is 24.5. The van der Waals surface area contributed by atoms with E-state index in [0.717, 1.165) is 65.2 Å². The third-order valence-corrected chi connectivity index (χ3v) is 21.8. The van der Waals surface area contributed by atoms with Crippen molar-refractivity contribution in [1.29, 1.82) is 0 Å². The number of aliphatic hydroxyl groups excluding tert-OH is 2. The summed E-state index contributed by atoms with van der Waals surface area (Å²) < 4.78 is 55.1. The van der Waals surface area contributed by atoms with Gasteiger partial charge in [-0.2, -0.15) is 4.68 Å². The number of fused-ring (bicyclic) bond motifs is 12. The average molecular weight is 1410 g/mol. The number of anilines is 1. The first kappa shape index (κ1) is 77.7. The molecular formula is C79H106N5O18+. The monoisotopic (exact) mass is 1410 g/mol. The molecule has 554 valence electrons. The maximum atomic E-state index is 14.1. The highest BCUT2D eigenvalue weighted by atomic mass is 16.7. The van der Waals surface area contributed by atoms with Crippen LogP contribution in [0.5, 0.6) is 0 Å². The van der Waals surface area contributed by atoms with E-state index in [1.54, 1.807) is 48.2 Å². The molecule has 0 unspecified atom stereocenters. The fourth-order valence-corrected chi connectivity index (χ4v) is 16.4. The van der Waals surface area contributed by atoms with Crippen LogP contribution in [0.2, 0.25) is 0 Å². The molecule has 1 aromatic heterocycles. The van der Waals surface area contributed by atoms with E-state index in [1.807, 2.05) is 80.1 Å². The predicted molar refractivity (Wildman–Crippen MR) is 377 cm³/mol. The Morgan fingerprint density at radius 3 is 2.07 bits per heavy atom. The van der Waals surface area contributed by atoms with Crippen LogP contribution in [-0.4, -0.2) is 184 Å². The number of nitrogens with one attached hydrogen (secondary N) is 2. The molecule has 1 saturated heterocycles. The van der Waals surface area contributed by atoms with Crippen molar-refractivity contribution < 1.29 is 91.1 Å². The number of aromatic amines is 1. The summed E-state index contributed by atoms with van der Waals surface area (Å²) in [5.41, 5.74) is 4.60. The molecule has 0 bridgehead atoms. The molecule has 4 aromatic rings. The lowest BCUT2D eigenvalue weighted by atomic mass is 9.46. The second kappa shape index (κ2) is 36.7. The highest BCUT2D eigenvalue weighted by Crippen LogP contribution is 2.70. The lowest BCUT2D eigenvalue weighted by Gasteiger charge is -2.59. The summed E-state index contributed by atoms with van der Waals surface area (Å²) in [5.74, 6) is -2.39. The lowest BCUT2D eigenvalue weighted by Crippen LogP contribution is -2.63. The summed E-state index contributed by atoms with van der Waals surface area (Å²) in [4.78, 5) is 95.5. The van der Waals surface area contributed by atoms with Gasteiger partial charge in [0.25, 0.3) is 5.69 Å². The van der Waals surface area contributed by atoms with E-state index in [0.29, 0.717) is 123 Å². The van der Waals surface area contributed by atoms with Crippen molar-refractivity contribution in [3.8, 4) is 22.5 Å². The summed E-state index contributed by atoms with van der Waals surface area (Å²) in [6.07, 6.45) is 8.39. The molecule has 0 radical (unpaired) electrons. The SMILES string of the molecule is CCCCOCCOCCOCC[n+]1[nH]nc2c1-c1ccccc1CN(C(=O)CCC(=O)CCCOCCOCCOCCOCCC(=O)C[C@H](C(=O)N[C@@H](C)C(=O)Cc1ccc([C@H]3O[C@H]4C[C@@H]5[C@H]6CCC7=CC(=O)C=C[C@@]7(C)[C@@H]6[C@H](O)C[C@@]5(C)[C@@]4(C(=O)CO)O3)cc1)C(C)C)c1ccccc1-2. The van der Waals surface area contributed by atoms with Crippen molar-refractivity contribution in [1.82, 2.24) is 15.6 Å². The van der Waals surface area contributed by atoms with Crippen LogP contribution in [-0.2, 0) is 95.7 Å². The Bertz CT molecular complexity index is 3590. The van der Waals surface area contributed by atoms with Crippen molar-refractivity contribution >= 4 is 46.4 Å². The number of unbranched alkanes of at least 4 members (excludes halogenated alkanes) is 1. The molecule has 10 rings (SSSR count). The minimum Gasteiger partial charge on any atom is -0.393 e. The molecule has 11 atom stereocenters. The Balaban J connectivity index is 0.558. The van der Waals surface area contributed by atoms with Crippen LogP contribution in [0.3, 0.4) is 0 Å². The number of ketones is 5. The van der Waals surface area contributed by atoms with Crippen molar-refractivity contribution in [3.63, 3.8) is 0 Å². The zero-order valence-corrected chi connectivity index (χ0v) is 60.3. The molecule has 23 nitrogen and oxygen atoms in total. The van der Waals surface area contributed by atoms with E-state index in [4.69, 9.17) is 47.7 Å². The highest BCUT2D eigenvalue weighted by Gasteiger charge is 2.76. The van der Waals surface area contributed by atoms with E-state index in [2.05, 4.69) is 24.4 Å². The molecule has 6 aliphatic rings. The van der Waals surface area contributed by atoms with Gasteiger partial charge in [-0.25, -0.2) is 0 Å². The second-order valence-corrected chi connectivity index (χ2v) is 28.8. The van der Waals surface area contributed by atoms with Crippen molar-refractivity contribution in [3.05, 3.63) is 113 Å². The summed E-state index contributed by atoms with van der Waals surface area (Å²) in [6.45, 7) is 17.4. The van der Waals surface area contributed by atoms with E-state index >= 15 is 0 Å². The molecule has 3 saturated carbocycles. The number of benzene rings is 3. The number of rotatable bonds is 42. The van der Waals surface area contributed by atoms with Gasteiger partial charge in [0.2, 0.25) is 17.5 Å². The zero-order chi connectivity index (χ0) is 72.4. The quantitative estimate of drug-likeness (QED) is 0.0239. The number of nitrogens with zero attached hydrogens (tertiary/aromatic N) is 3. The molecule has 23 heteroatoms. The van der Waals surface area contributed by atoms with Crippen molar-refractivity contribution in [2.45, 2.75) is 168 Å². The fraction of sp³-hybridized carbons (Fsp3) is 0.608. The number of allylic oxidation sites excluding steroid dienone is 4. The Labute approximate surface area is 599 Å². The number of aromatic nitrogens is 3. The van der Waals surface area contributed by atoms with Gasteiger partial charge in [-0.15, -0.1) is 0 Å². The van der Waals surface area contributed by atoms with E-state index in [9.17, 15) is 43.8 Å². The highest BCUT2D eigenvalue weighted by molar-refractivity contribution is 6.02. The van der Waals surface area contributed by atoms with Gasteiger partial charge in [0.15, 0.2) is 29.2 Å². The Hall–Kier alpha value is -6.87. The third-order valence-electron chi connectivity index (χ3n) is 21.8. The topological polar surface area (TPSA) is 291 Å². The number of para-hydroxylation sites is 1. The number of hydrogen-bond acceptors (Lipinski definition) is 19. The average Bonchev–Trinajstić information content (AvgIpc) is 1.49. The van der Waals surface area contributed by atoms with E-state index in [-0.39, 0.29) is 110 Å². The van der Waals surface area contributed by atoms with Gasteiger partial charge in [0.05, 0.1) is 115 Å². The standard InChI is InChI=1S/C79H105N5O18/c1-7-8-31-94-35-39-98-42-38-97-34-30-84-74-61-16-10-9-14-56(61)50-83(66-18-12-11-17-63(66)73(74)81-82-84)71(92)26-24-58(86)15-13-32-95-36-40-99-43-44-100-41-37-96-33-28-60(88)47-64(52(2)3)75(93)80-53(4)67(89)45-54-19-21-55(22-20-54)76-101-70-48-65-62-25-23-57-46-59(87)27-29-77(57,5)72(62)68(90)49-78(65,6)79(70,102-76)69(91)51-85/h9-12,14,16-22,27,29,46,52-53,62,64-65,68,70,72,76,85,90H,7-8,13,15,23-26,28,30-45,47-51H2,1-6H3,(H,80,93)/p+1/t53-,62+,64-,65+,68+,70-,72-,76-,77+,78+,79-/m0/s1. The lowest BCUT2D eigenvalue weighted by molar-refractivity contribution is -0.744. The molecular weight excluding hydrogens is 1310 g/mol. The number of amides is 2. The third kappa shape index (κ3) is 18.2. The van der Waals surface area contributed by atoms with Crippen LogP contribution in [0.15, 0.2) is 96.6 Å². The van der Waals surface area contributed by atoms with Crippen LogP contribution in [0.1, 0.15) is 142 Å². The Morgan fingerprint density at radius 2 is 1.39 bits per heavy atom. The molecule has 4 aliphatic carbocycles. The van der Waals surface area contributed by atoms with Gasteiger partial charge in [-0.3, -0.25) is 33.6 Å². The number of H-pyrrole nitrogens is 1. The molecule has 3 aromatic carbocycles. The van der Waals surface area contributed by atoms with Crippen LogP contribution >= 0.6 is 0 Å². The number of Topliss-reactive ketones (excluding diaryl/α,β-unsaturated/α-hetero) is 4. The molecule has 0 spiro atoms. The maximum Gasteiger partial charge on any atom is 0.258 e. The van der Waals surface area contributed by atoms with Gasteiger partial charge >= 0.3 is 0 Å². The summed E-state index contributed by atoms with van der Waals surface area (Å²) in [6, 6.07) is 22.1. The smallest absolute Gasteiger partial charge is 0.258 e. The maximum absolute atomic E-state index is 14.1. The van der Waals surface area contributed by atoms with Gasteiger partial charge in [-0.05, 0) is 98.6 Å². The molecule has 4 N–H and O–H groups in total. The van der Waals surface area contributed by atoms with Crippen LogP contribution in [0.25, 0.3) is 22.5 Å². The number of carbonyl (C=O) groups is 7. The second-order valence-electron chi connectivity index (χ2n) is 28.8. The van der Waals surface area contributed by atoms with Gasteiger partial charge in [0, 0.05) is 90.6 Å². The Kier molecular flexibility index (Phi) is 28.0. The van der Waals surface area contributed by atoms with Crippen molar-refractivity contribution in [2.24, 2.45) is 40.4 Å². The van der Waals surface area contributed by atoms with Crippen LogP contribution in [0, 0.1) is 40.4 Å². The number of carbonyl (C=O) groups excluding carboxylic acids is 7. The molecule has 2 amide bonds. The minimum atomic E-state index is -1.49. The van der Waals surface area contributed by atoms with Gasteiger partial charge in [0.1, 0.15) is 24.7 Å². The Morgan fingerprint density at radius 1 is 0.755 bits per heavy atom. The largest absolute Gasteiger partial charge is 0.393 e. The first-order valence-electron chi connectivity index (χ1n) is 36.9. The summed E-state index contributed by atoms with van der Waals surface area (Å²) in [5, 5.41) is 33.2. The minimum absolute atomic E-state index is 0.000657. The zero-order valence-electron chi connectivity index (χ0n) is 60.3. The van der Waals surface area contributed by atoms with Gasteiger partial charge in [-0.1, -0.05) is 119 Å². The molecule has 3 heterocycles. The first-order chi connectivity index (χ1) is 49.3. The molecule has 4 fully saturated rings. The van der Waals surface area contributed by atoms with Gasteiger partial charge < -0.3 is 63.1 Å². The number of hydrogen-bond donors (Lipinski definition) is 4. The molecule has 102 heavy (non-hydrogen) atoms. The van der Waals surface area contributed by atoms with E-state index in [1.165, 1.54) is 0 Å². The summed E-state index contributed by atoms with van der Waals surface area (Å²) in [7, 11) is 0. The summed E-state index contributed by atoms with van der Waals surface area (Å²) >= 11 is 0. The predicted octanol–water partition coefficient (Wildman–Crippen LogP) is 8.46. The first-order valence-corrected chi connectivity index (χ1v) is 36.9. The van der Waals surface area contributed by atoms with Crippen LogP contribution in [0.4, 0.5) is 5.69 Å². The van der Waals surface area contributed by atoms with E-state index < -0.39 is 59.3 Å². The number of ether oxygens (including phenoxy) is 9. The van der Waals surface area contributed by atoms with Crippen molar-refractivity contribution in [2.75, 3.05) is 104 Å². The number of aliphatic hydroxyl groups is 2.